The summed E-state index contributed by atoms with van der Waals surface area (Å²) in [5.41, 5.74) is -1.64. The second kappa shape index (κ2) is 15.5. The first-order valence-electron chi connectivity index (χ1n) is 20.5. The van der Waals surface area contributed by atoms with E-state index >= 15 is 0 Å². The van der Waals surface area contributed by atoms with Crippen LogP contribution in [0.3, 0.4) is 0 Å². The van der Waals surface area contributed by atoms with Crippen molar-refractivity contribution in [1.29, 1.82) is 0 Å². The Kier molecular flexibility index (Phi) is 12.0. The van der Waals surface area contributed by atoms with Crippen molar-refractivity contribution in [3.63, 3.8) is 0 Å². The van der Waals surface area contributed by atoms with Crippen LogP contribution in [0.5, 0.6) is 0 Å². The van der Waals surface area contributed by atoms with Crippen molar-refractivity contribution in [1.82, 2.24) is 0 Å². The predicted octanol–water partition coefficient (Wildman–Crippen LogP) is 1.15. The summed E-state index contributed by atoms with van der Waals surface area (Å²) in [6.45, 7) is 11.8. The van der Waals surface area contributed by atoms with E-state index in [0.717, 1.165) is 0 Å². The first-order chi connectivity index (χ1) is 25.9. The van der Waals surface area contributed by atoms with Gasteiger partial charge in [0, 0.05) is 35.5 Å². The Hall–Kier alpha value is -0.915. The number of esters is 2. The molecule has 3 spiro atoms. The molecule has 0 aromatic carbocycles. The molecular weight excluding hydrogens is 738 g/mol. The molecule has 0 aromatic heterocycles. The Labute approximate surface area is 352 Å². The summed E-state index contributed by atoms with van der Waals surface area (Å²) in [5.74, 6) is -6.02. The van der Waals surface area contributed by atoms with E-state index in [1.165, 1.54) is 0 Å². The summed E-state index contributed by atoms with van der Waals surface area (Å²) in [5, 5.41) is 23.3. The van der Waals surface area contributed by atoms with Crippen LogP contribution in [0, 0.1) is 22.7 Å². The molecule has 308 valence electrons. The van der Waals surface area contributed by atoms with Gasteiger partial charge >= 0.3 is 48.5 Å². The molecule has 0 saturated carbocycles. The Bertz CT molecular complexity index is 1450. The minimum atomic E-state index is -3.42. The van der Waals surface area contributed by atoms with Crippen molar-refractivity contribution < 1.29 is 96.4 Å². The maximum absolute atomic E-state index is 14.6. The van der Waals surface area contributed by atoms with Gasteiger partial charge in [-0.15, -0.1) is 0 Å². The first-order valence-corrected chi connectivity index (χ1v) is 20.5. The number of ether oxygens (including phenoxy) is 6. The molecule has 56 heavy (non-hydrogen) atoms. The predicted molar refractivity (Wildman–Crippen MR) is 194 cm³/mol. The van der Waals surface area contributed by atoms with Gasteiger partial charge in [0.1, 0.15) is 12.2 Å². The topological polar surface area (TPSA) is 167 Å². The largest absolute Gasteiger partial charge is 1.00 e. The number of hydrogen-bond donors (Lipinski definition) is 2. The molecular formula is C40H60BNaO14. The van der Waals surface area contributed by atoms with Gasteiger partial charge in [-0.05, 0) is 52.4 Å². The molecule has 6 fully saturated rings. The van der Waals surface area contributed by atoms with Crippen molar-refractivity contribution in [2.45, 2.75) is 192 Å². The minimum absolute atomic E-state index is 0. The third-order valence-corrected chi connectivity index (χ3v) is 14.3. The van der Waals surface area contributed by atoms with E-state index in [4.69, 9.17) is 47.0 Å². The van der Waals surface area contributed by atoms with Crippen molar-refractivity contribution in [3.8, 4) is 0 Å². The van der Waals surface area contributed by atoms with E-state index in [-0.39, 0.29) is 41.8 Å². The fourth-order valence-corrected chi connectivity index (χ4v) is 10.1. The van der Waals surface area contributed by atoms with Crippen LogP contribution in [0.1, 0.15) is 107 Å². The first kappa shape index (κ1) is 43.2. The van der Waals surface area contributed by atoms with Gasteiger partial charge in [0.15, 0.2) is 23.8 Å². The van der Waals surface area contributed by atoms with Gasteiger partial charge < -0.3 is 57.3 Å². The molecule has 17 atom stereocenters. The number of hydrogen-bond acceptors (Lipinski definition) is 14. The molecule has 8 aliphatic rings. The number of aliphatic hydroxyl groups is 2. The standard InChI is InChI=1S/C40H60BO14.Na/c1-21-15-17-31-37(5,6)29(42)13-9-11-26-20-28(24(4)47-26)49-36(45)34-40-22(2)16-18-32(51-40)38(7,8)30(43)14-10-12-25-19-27(23(3)46-25)48-35(44)33-39(21,50-31)54-41(52-33,53-34)55-40;/h9-12,21-34,42-43H,13-20H2,1-8H3;/q-1;+1/b11-9-,12-10-;/t21-,22-,23-,24-,25-,26-,27+,28+,29-,30-,31-,32+,33+,34+,39+,40+,41?;/m1./s1. The second-order valence-electron chi connectivity index (χ2n) is 18.6. The van der Waals surface area contributed by atoms with Crippen molar-refractivity contribution in [2.75, 3.05) is 0 Å². The number of carbonyl (C=O) groups excluding carboxylic acids is 2. The number of aliphatic hydroxyl groups excluding tert-OH is 2. The number of rotatable bonds is 0. The molecule has 16 heteroatoms. The zero-order valence-electron chi connectivity index (χ0n) is 34.4. The Morgan fingerprint density at radius 3 is 1.43 bits per heavy atom. The SMILES string of the molecule is C[C@@H]1CC[C@@H]2O[C@]13O[B-]14O[C@H]3C(=O)O[C@H]3C[C@@H](/C=C\C[C@@H](O)C(C)(C)[C@H]5CC[C@@H](C)[C@](O5)(O1)[C@@H](O4)C(=O)O[C@H]1C[C@@H](/C=C\C[C@@H](O)C2(C)C)O[C@@H]1C)O[C@@H]3C.[Na+]. The molecule has 0 radical (unpaired) electrons. The van der Waals surface area contributed by atoms with Gasteiger partial charge in [0.2, 0.25) is 0 Å². The molecule has 0 amide bonds. The molecule has 1 unspecified atom stereocenters. The number of fused-ring (bicyclic) bond motifs is 8. The van der Waals surface area contributed by atoms with E-state index in [0.29, 0.717) is 51.4 Å². The molecule has 0 aliphatic carbocycles. The summed E-state index contributed by atoms with van der Waals surface area (Å²) in [7, 11) is 0. The molecule has 8 aliphatic heterocycles. The summed E-state index contributed by atoms with van der Waals surface area (Å²) < 4.78 is 65.8. The fourth-order valence-electron chi connectivity index (χ4n) is 10.1. The summed E-state index contributed by atoms with van der Waals surface area (Å²) in [6, 6.07) is 0. The Morgan fingerprint density at radius 1 is 0.643 bits per heavy atom. The average molecular weight is 799 g/mol. The third-order valence-electron chi connectivity index (χ3n) is 14.3. The van der Waals surface area contributed by atoms with Crippen LogP contribution in [0.2, 0.25) is 0 Å². The van der Waals surface area contributed by atoms with Crippen LogP contribution >= 0.6 is 0 Å². The Balaban J connectivity index is 0.00000480. The molecule has 11 bridgehead atoms. The molecule has 0 aromatic rings. The van der Waals surface area contributed by atoms with Gasteiger partial charge in [0.25, 0.3) is 0 Å². The maximum Gasteiger partial charge on any atom is 1.00 e. The van der Waals surface area contributed by atoms with Gasteiger partial charge in [-0.25, -0.2) is 9.59 Å². The van der Waals surface area contributed by atoms with Crippen LogP contribution in [0.25, 0.3) is 0 Å². The van der Waals surface area contributed by atoms with Crippen LogP contribution in [0.4, 0.5) is 0 Å². The smallest absolute Gasteiger partial charge is 0.504 e. The molecule has 6 saturated heterocycles. The van der Waals surface area contributed by atoms with E-state index < -0.39 is 114 Å². The fraction of sp³-hybridized carbons (Fsp3) is 0.850. The molecule has 2 N–H and O–H groups in total. The summed E-state index contributed by atoms with van der Waals surface area (Å²) >= 11 is 0. The van der Waals surface area contributed by atoms with E-state index in [2.05, 4.69) is 0 Å². The molecule has 8 heterocycles. The van der Waals surface area contributed by atoms with Crippen LogP contribution in [-0.4, -0.2) is 114 Å². The summed E-state index contributed by atoms with van der Waals surface area (Å²) in [4.78, 5) is 29.2. The van der Waals surface area contributed by atoms with E-state index in [9.17, 15) is 19.8 Å². The number of carbonyl (C=O) groups is 2. The zero-order valence-corrected chi connectivity index (χ0v) is 36.4. The summed E-state index contributed by atoms with van der Waals surface area (Å²) in [6.07, 6.45) is 2.49. The normalized spacial score (nSPS) is 52.3. The van der Waals surface area contributed by atoms with Crippen LogP contribution in [0.15, 0.2) is 24.3 Å². The van der Waals surface area contributed by atoms with Crippen molar-refractivity contribution in [3.05, 3.63) is 24.3 Å². The zero-order chi connectivity index (χ0) is 39.3. The second-order valence-corrected chi connectivity index (χ2v) is 18.6. The quantitative estimate of drug-likeness (QED) is 0.204. The van der Waals surface area contributed by atoms with Gasteiger partial charge in [-0.1, -0.05) is 65.8 Å². The average Bonchev–Trinajstić information content (AvgIpc) is 3.84. The monoisotopic (exact) mass is 798 g/mol. The maximum atomic E-state index is 14.6. The van der Waals surface area contributed by atoms with Crippen molar-refractivity contribution in [2.24, 2.45) is 22.7 Å². The minimum Gasteiger partial charge on any atom is -0.504 e. The van der Waals surface area contributed by atoms with Gasteiger partial charge in [0.05, 0.1) is 48.8 Å². The van der Waals surface area contributed by atoms with Crippen LogP contribution < -0.4 is 29.6 Å². The third kappa shape index (κ3) is 7.23. The van der Waals surface area contributed by atoms with Crippen molar-refractivity contribution >= 4 is 18.9 Å². The Morgan fingerprint density at radius 2 is 1.04 bits per heavy atom. The van der Waals surface area contributed by atoms with E-state index in [1.54, 1.807) is 0 Å². The van der Waals surface area contributed by atoms with Gasteiger partial charge in [-0.2, -0.15) is 0 Å². The molecule has 14 nitrogen and oxygen atoms in total. The van der Waals surface area contributed by atoms with E-state index in [1.807, 2.05) is 79.7 Å². The molecule has 8 rings (SSSR count). The van der Waals surface area contributed by atoms with Crippen LogP contribution in [-0.2, 0) is 56.6 Å². The van der Waals surface area contributed by atoms with Gasteiger partial charge in [-0.3, -0.25) is 0 Å².